The van der Waals surface area contributed by atoms with E-state index >= 15 is 0 Å². The Labute approximate surface area is 210 Å². The molecule has 0 aliphatic heterocycles. The minimum atomic E-state index is -1.04. The molecule has 0 bridgehead atoms. The summed E-state index contributed by atoms with van der Waals surface area (Å²) in [5.74, 6) is -1.46. The van der Waals surface area contributed by atoms with Crippen molar-refractivity contribution in [3.8, 4) is 11.1 Å². The van der Waals surface area contributed by atoms with Gasteiger partial charge in [-0.15, -0.1) is 0 Å². The predicted octanol–water partition coefficient (Wildman–Crippen LogP) is 5.61. The molecule has 4 rings (SSSR count). The number of unbranched alkanes of at least 4 members (excludes halogenated alkanes) is 1. The summed E-state index contributed by atoms with van der Waals surface area (Å²) < 4.78 is 7.08. The highest BCUT2D eigenvalue weighted by molar-refractivity contribution is 5.96. The number of carboxylic acids is 1. The first-order valence-corrected chi connectivity index (χ1v) is 12.2. The number of carbonyl (C=O) groups is 2. The second kappa shape index (κ2) is 10.7. The lowest BCUT2D eigenvalue weighted by atomic mass is 9.97. The molecule has 0 saturated heterocycles. The first-order valence-electron chi connectivity index (χ1n) is 12.2. The number of carbonyl (C=O) groups excluding carboxylic acids is 1. The Balaban J connectivity index is 1.80. The number of aromatic carboxylic acids is 1. The highest BCUT2D eigenvalue weighted by Crippen LogP contribution is 2.30. The number of benzene rings is 2. The zero-order valence-electron chi connectivity index (χ0n) is 20.7. The number of pyridine rings is 1. The normalized spacial score (nSPS) is 12.0. The maximum Gasteiger partial charge on any atom is 0.357 e. The van der Waals surface area contributed by atoms with Gasteiger partial charge >= 0.3 is 11.9 Å². The Morgan fingerprint density at radius 3 is 2.42 bits per heavy atom. The van der Waals surface area contributed by atoms with Crippen LogP contribution in [0.5, 0.6) is 0 Å². The number of esters is 1. The summed E-state index contributed by atoms with van der Waals surface area (Å²) in [7, 11) is 0. The first-order chi connectivity index (χ1) is 17.4. The van der Waals surface area contributed by atoms with Gasteiger partial charge in [0.25, 0.3) is 0 Å². The summed E-state index contributed by atoms with van der Waals surface area (Å²) in [5.41, 5.74) is 5.18. The molecule has 0 aliphatic rings. The molecule has 2 heterocycles. The largest absolute Gasteiger partial charge is 0.478 e. The molecule has 0 fully saturated rings. The standard InChI is InChI=1S/C29H30N2O5/c1-4-6-11-23-25(29(35)36-5-2)31-24(17-12-18(3)27(31)30-23)26(32)20-15-13-19(14-16-20)21-9-7-8-10-22(21)28(33)34/h7-10,12-17,26,32H,4-6,11H2,1-3H3,(H,33,34). The van der Waals surface area contributed by atoms with Gasteiger partial charge in [-0.2, -0.15) is 0 Å². The molecule has 1 unspecified atom stereocenters. The van der Waals surface area contributed by atoms with E-state index in [-0.39, 0.29) is 12.2 Å². The van der Waals surface area contributed by atoms with E-state index < -0.39 is 18.0 Å². The quantitative estimate of drug-likeness (QED) is 0.298. The Hall–Kier alpha value is -3.97. The highest BCUT2D eigenvalue weighted by atomic mass is 16.5. The summed E-state index contributed by atoms with van der Waals surface area (Å²) in [5, 5.41) is 20.9. The fraction of sp³-hybridized carbons (Fsp3) is 0.276. The fourth-order valence-electron chi connectivity index (χ4n) is 4.42. The molecule has 4 aromatic rings. The summed E-state index contributed by atoms with van der Waals surface area (Å²) in [4.78, 5) is 29.4. The van der Waals surface area contributed by atoms with Crippen LogP contribution in [0.2, 0.25) is 0 Å². The topological polar surface area (TPSA) is 101 Å². The van der Waals surface area contributed by atoms with Crippen molar-refractivity contribution >= 4 is 17.6 Å². The zero-order chi connectivity index (χ0) is 25.8. The van der Waals surface area contributed by atoms with Crippen molar-refractivity contribution in [1.82, 2.24) is 9.38 Å². The molecular formula is C29H30N2O5. The summed E-state index contributed by atoms with van der Waals surface area (Å²) in [6, 6.07) is 17.6. The molecule has 36 heavy (non-hydrogen) atoms. The van der Waals surface area contributed by atoms with Gasteiger partial charge < -0.3 is 14.9 Å². The van der Waals surface area contributed by atoms with Crippen LogP contribution < -0.4 is 0 Å². The maximum atomic E-state index is 13.0. The van der Waals surface area contributed by atoms with E-state index in [1.165, 1.54) is 0 Å². The summed E-state index contributed by atoms with van der Waals surface area (Å²) in [6.07, 6.45) is 1.44. The summed E-state index contributed by atoms with van der Waals surface area (Å²) in [6.45, 7) is 6.00. The molecule has 0 radical (unpaired) electrons. The lowest BCUT2D eigenvalue weighted by Crippen LogP contribution is -2.15. The monoisotopic (exact) mass is 486 g/mol. The zero-order valence-corrected chi connectivity index (χ0v) is 20.7. The third kappa shape index (κ3) is 4.75. The third-order valence-corrected chi connectivity index (χ3v) is 6.28. The van der Waals surface area contributed by atoms with Crippen molar-refractivity contribution in [2.24, 2.45) is 0 Å². The van der Waals surface area contributed by atoms with Gasteiger partial charge in [-0.05, 0) is 61.1 Å². The van der Waals surface area contributed by atoms with Gasteiger partial charge in [0, 0.05) is 0 Å². The van der Waals surface area contributed by atoms with Gasteiger partial charge in [-0.25, -0.2) is 14.6 Å². The van der Waals surface area contributed by atoms with Crippen LogP contribution in [0.25, 0.3) is 16.8 Å². The lowest BCUT2D eigenvalue weighted by Gasteiger charge is -2.17. The average molecular weight is 487 g/mol. The molecule has 186 valence electrons. The third-order valence-electron chi connectivity index (χ3n) is 6.28. The fourth-order valence-corrected chi connectivity index (χ4v) is 4.42. The highest BCUT2D eigenvalue weighted by Gasteiger charge is 2.26. The lowest BCUT2D eigenvalue weighted by molar-refractivity contribution is 0.0515. The molecule has 0 saturated carbocycles. The number of fused-ring (bicyclic) bond motifs is 1. The van der Waals surface area contributed by atoms with Crippen LogP contribution in [0.3, 0.4) is 0 Å². The van der Waals surface area contributed by atoms with Crippen LogP contribution in [0.15, 0.2) is 60.7 Å². The Morgan fingerprint density at radius 1 is 1.03 bits per heavy atom. The number of nitrogens with zero attached hydrogens (tertiary/aromatic N) is 2. The molecule has 7 nitrogen and oxygen atoms in total. The van der Waals surface area contributed by atoms with E-state index in [9.17, 15) is 19.8 Å². The number of ether oxygens (including phenoxy) is 1. The number of rotatable bonds is 9. The van der Waals surface area contributed by atoms with E-state index in [1.807, 2.05) is 13.0 Å². The van der Waals surface area contributed by atoms with Crippen molar-refractivity contribution in [2.75, 3.05) is 6.61 Å². The van der Waals surface area contributed by atoms with E-state index in [0.29, 0.717) is 40.3 Å². The molecular weight excluding hydrogens is 456 g/mol. The number of aromatic nitrogens is 2. The minimum absolute atomic E-state index is 0.211. The Morgan fingerprint density at radius 2 is 1.75 bits per heavy atom. The number of hydrogen-bond acceptors (Lipinski definition) is 5. The second-order valence-corrected chi connectivity index (χ2v) is 8.71. The molecule has 0 spiro atoms. The SMILES string of the molecule is CCCCc1nc2c(C)ccc(C(O)c3ccc(-c4ccccc4C(=O)O)cc3)n2c1C(=O)OCC. The van der Waals surface area contributed by atoms with E-state index in [1.54, 1.807) is 65.9 Å². The van der Waals surface area contributed by atoms with Crippen LogP contribution in [-0.2, 0) is 11.2 Å². The molecule has 2 aromatic carbocycles. The smallest absolute Gasteiger partial charge is 0.357 e. The molecule has 0 amide bonds. The minimum Gasteiger partial charge on any atom is -0.478 e. The molecule has 1 atom stereocenters. The van der Waals surface area contributed by atoms with Crippen molar-refractivity contribution in [2.45, 2.75) is 46.1 Å². The van der Waals surface area contributed by atoms with Crippen LogP contribution in [0, 0.1) is 6.92 Å². The van der Waals surface area contributed by atoms with Crippen molar-refractivity contribution < 1.29 is 24.5 Å². The molecule has 2 aromatic heterocycles. The number of aliphatic hydroxyl groups excluding tert-OH is 1. The van der Waals surface area contributed by atoms with Crippen LogP contribution in [0.1, 0.15) is 76.2 Å². The van der Waals surface area contributed by atoms with Crippen molar-refractivity contribution in [1.29, 1.82) is 0 Å². The second-order valence-electron chi connectivity index (χ2n) is 8.71. The Kier molecular flexibility index (Phi) is 7.50. The van der Waals surface area contributed by atoms with Crippen LogP contribution in [0.4, 0.5) is 0 Å². The van der Waals surface area contributed by atoms with Gasteiger partial charge in [-0.1, -0.05) is 61.9 Å². The van der Waals surface area contributed by atoms with Crippen molar-refractivity contribution in [3.05, 3.63) is 94.4 Å². The number of imidazole rings is 1. The van der Waals surface area contributed by atoms with E-state index in [4.69, 9.17) is 9.72 Å². The number of aliphatic hydroxyl groups is 1. The van der Waals surface area contributed by atoms with Gasteiger partial charge in [0.1, 0.15) is 11.8 Å². The van der Waals surface area contributed by atoms with Crippen LogP contribution >= 0.6 is 0 Å². The van der Waals surface area contributed by atoms with Crippen molar-refractivity contribution in [3.63, 3.8) is 0 Å². The van der Waals surface area contributed by atoms with E-state index in [2.05, 4.69) is 6.92 Å². The Bertz CT molecular complexity index is 1410. The molecule has 7 heteroatoms. The number of aryl methyl sites for hydroxylation is 2. The average Bonchev–Trinajstić information content (AvgIpc) is 3.28. The number of hydrogen-bond donors (Lipinski definition) is 2. The summed E-state index contributed by atoms with van der Waals surface area (Å²) >= 11 is 0. The van der Waals surface area contributed by atoms with Gasteiger partial charge in [-0.3, -0.25) is 4.40 Å². The van der Waals surface area contributed by atoms with Gasteiger partial charge in [0.2, 0.25) is 0 Å². The predicted molar refractivity (Wildman–Crippen MR) is 137 cm³/mol. The first kappa shape index (κ1) is 25.1. The maximum absolute atomic E-state index is 13.0. The molecule has 2 N–H and O–H groups in total. The van der Waals surface area contributed by atoms with Gasteiger partial charge in [0.15, 0.2) is 5.69 Å². The van der Waals surface area contributed by atoms with E-state index in [0.717, 1.165) is 24.0 Å². The number of carboxylic acid groups (broad SMARTS) is 1. The van der Waals surface area contributed by atoms with Crippen LogP contribution in [-0.4, -0.2) is 38.1 Å². The van der Waals surface area contributed by atoms with Gasteiger partial charge in [0.05, 0.1) is 23.6 Å². The molecule has 0 aliphatic carbocycles.